The van der Waals surface area contributed by atoms with Gasteiger partial charge in [-0.2, -0.15) is 0 Å². The lowest BCUT2D eigenvalue weighted by atomic mass is 10.1. The fourth-order valence-corrected chi connectivity index (χ4v) is 4.05. The number of rotatable bonds is 7. The molecule has 0 aliphatic heterocycles. The fraction of sp³-hybridized carbons (Fsp3) is 0.273. The average Bonchev–Trinajstić information content (AvgIpc) is 3.10. The Kier molecular flexibility index (Phi) is 6.31. The van der Waals surface area contributed by atoms with E-state index in [1.54, 1.807) is 20.3 Å². The monoisotopic (exact) mass is 396 g/mol. The van der Waals surface area contributed by atoms with Crippen LogP contribution in [0.3, 0.4) is 0 Å². The molecule has 0 bridgehead atoms. The maximum Gasteiger partial charge on any atom is 0.257 e. The molecule has 146 valence electrons. The zero-order valence-corrected chi connectivity index (χ0v) is 17.4. The molecule has 1 N–H and O–H groups in total. The van der Waals surface area contributed by atoms with E-state index in [0.29, 0.717) is 22.2 Å². The molecule has 0 saturated carbocycles. The number of hydrogen-bond donors (Lipinski definition) is 1. The highest BCUT2D eigenvalue weighted by atomic mass is 32.1. The summed E-state index contributed by atoms with van der Waals surface area (Å²) < 4.78 is 10.7. The molecule has 0 spiro atoms. The lowest BCUT2D eigenvalue weighted by Crippen LogP contribution is -2.11. The summed E-state index contributed by atoms with van der Waals surface area (Å²) in [6.45, 7) is 4.10. The molecule has 0 fully saturated rings. The lowest BCUT2D eigenvalue weighted by molar-refractivity contribution is 0.102. The summed E-state index contributed by atoms with van der Waals surface area (Å²) in [5.41, 5.74) is 3.48. The standard InChI is InChI=1S/C22H24N2O3S/c1-5-7-19-20(15-10-11-17(26-3)18(13-15)27-4)23-22(28-19)24-21(25)16-9-6-8-14(2)12-16/h6,8-13H,5,7H2,1-4H3,(H,23,24,25). The van der Waals surface area contributed by atoms with Crippen LogP contribution >= 0.6 is 11.3 Å². The van der Waals surface area contributed by atoms with Gasteiger partial charge in [0, 0.05) is 16.0 Å². The van der Waals surface area contributed by atoms with Gasteiger partial charge in [-0.05, 0) is 43.7 Å². The van der Waals surface area contributed by atoms with Crippen LogP contribution in [0.15, 0.2) is 42.5 Å². The van der Waals surface area contributed by atoms with Gasteiger partial charge in [0.2, 0.25) is 0 Å². The molecular formula is C22H24N2O3S. The quantitative estimate of drug-likeness (QED) is 0.585. The number of ether oxygens (including phenoxy) is 2. The second kappa shape index (κ2) is 8.89. The molecule has 5 nitrogen and oxygen atoms in total. The van der Waals surface area contributed by atoms with Crippen LogP contribution in [0, 0.1) is 6.92 Å². The Balaban J connectivity index is 1.93. The minimum atomic E-state index is -0.153. The van der Waals surface area contributed by atoms with Crippen molar-refractivity contribution in [2.75, 3.05) is 19.5 Å². The van der Waals surface area contributed by atoms with E-state index in [1.807, 2.05) is 43.3 Å². The normalized spacial score (nSPS) is 10.6. The van der Waals surface area contributed by atoms with Crippen molar-refractivity contribution in [2.24, 2.45) is 0 Å². The van der Waals surface area contributed by atoms with E-state index in [-0.39, 0.29) is 5.91 Å². The maximum atomic E-state index is 12.6. The number of aromatic nitrogens is 1. The summed E-state index contributed by atoms with van der Waals surface area (Å²) in [4.78, 5) is 18.4. The molecule has 0 aliphatic rings. The smallest absolute Gasteiger partial charge is 0.257 e. The van der Waals surface area contributed by atoms with Gasteiger partial charge in [-0.25, -0.2) is 4.98 Å². The van der Waals surface area contributed by atoms with Crippen LogP contribution in [0.2, 0.25) is 0 Å². The Morgan fingerprint density at radius 1 is 1.11 bits per heavy atom. The van der Waals surface area contributed by atoms with Crippen molar-refractivity contribution < 1.29 is 14.3 Å². The molecule has 3 rings (SSSR count). The van der Waals surface area contributed by atoms with E-state index in [1.165, 1.54) is 11.3 Å². The molecule has 1 amide bonds. The molecule has 6 heteroatoms. The number of nitrogens with zero attached hydrogens (tertiary/aromatic N) is 1. The molecule has 1 aromatic heterocycles. The summed E-state index contributed by atoms with van der Waals surface area (Å²) in [6, 6.07) is 13.3. The summed E-state index contributed by atoms with van der Waals surface area (Å²) >= 11 is 1.51. The van der Waals surface area contributed by atoms with Gasteiger partial charge in [-0.15, -0.1) is 11.3 Å². The van der Waals surface area contributed by atoms with Crippen LogP contribution < -0.4 is 14.8 Å². The zero-order valence-electron chi connectivity index (χ0n) is 16.5. The van der Waals surface area contributed by atoms with Gasteiger partial charge in [0.25, 0.3) is 5.91 Å². The van der Waals surface area contributed by atoms with Gasteiger partial charge in [0.05, 0.1) is 19.9 Å². The summed E-state index contributed by atoms with van der Waals surface area (Å²) in [7, 11) is 3.23. The van der Waals surface area contributed by atoms with E-state index < -0.39 is 0 Å². The van der Waals surface area contributed by atoms with Gasteiger partial charge in [0.1, 0.15) is 0 Å². The molecule has 0 atom stereocenters. The summed E-state index contributed by atoms with van der Waals surface area (Å²) in [6.07, 6.45) is 1.88. The highest BCUT2D eigenvalue weighted by molar-refractivity contribution is 7.16. The first kappa shape index (κ1) is 19.9. The fourth-order valence-electron chi connectivity index (χ4n) is 2.97. The van der Waals surface area contributed by atoms with E-state index in [9.17, 15) is 4.79 Å². The van der Waals surface area contributed by atoms with Gasteiger partial charge >= 0.3 is 0 Å². The first-order valence-electron chi connectivity index (χ1n) is 9.15. The third-order valence-electron chi connectivity index (χ3n) is 4.33. The number of methoxy groups -OCH3 is 2. The van der Waals surface area contributed by atoms with E-state index >= 15 is 0 Å². The van der Waals surface area contributed by atoms with Crippen LogP contribution in [0.5, 0.6) is 11.5 Å². The number of carbonyl (C=O) groups excluding carboxylic acids is 1. The van der Waals surface area contributed by atoms with E-state index in [2.05, 4.69) is 12.2 Å². The second-order valence-corrected chi connectivity index (χ2v) is 7.52. The SMILES string of the molecule is CCCc1sc(NC(=O)c2cccc(C)c2)nc1-c1ccc(OC)c(OC)c1. The zero-order chi connectivity index (χ0) is 20.1. The molecule has 0 unspecified atom stereocenters. The first-order chi connectivity index (χ1) is 13.5. The highest BCUT2D eigenvalue weighted by Gasteiger charge is 2.17. The van der Waals surface area contributed by atoms with Gasteiger partial charge in [0.15, 0.2) is 16.6 Å². The van der Waals surface area contributed by atoms with Crippen LogP contribution in [0.1, 0.15) is 34.1 Å². The number of aryl methyl sites for hydroxylation is 2. The topological polar surface area (TPSA) is 60.5 Å². The second-order valence-electron chi connectivity index (χ2n) is 6.43. The maximum absolute atomic E-state index is 12.6. The summed E-state index contributed by atoms with van der Waals surface area (Å²) in [5, 5.41) is 3.54. The largest absolute Gasteiger partial charge is 0.493 e. The molecule has 2 aromatic carbocycles. The number of anilines is 1. The van der Waals surface area contributed by atoms with Crippen molar-refractivity contribution in [2.45, 2.75) is 26.7 Å². The van der Waals surface area contributed by atoms with Crippen molar-refractivity contribution in [1.82, 2.24) is 4.98 Å². The van der Waals surface area contributed by atoms with Crippen molar-refractivity contribution in [3.05, 3.63) is 58.5 Å². The van der Waals surface area contributed by atoms with Crippen molar-refractivity contribution in [1.29, 1.82) is 0 Å². The Morgan fingerprint density at radius 3 is 2.57 bits per heavy atom. The number of benzene rings is 2. The highest BCUT2D eigenvalue weighted by Crippen LogP contribution is 2.37. The van der Waals surface area contributed by atoms with Crippen molar-refractivity contribution in [3.8, 4) is 22.8 Å². The van der Waals surface area contributed by atoms with Gasteiger partial charge in [-0.1, -0.05) is 31.0 Å². The minimum Gasteiger partial charge on any atom is -0.493 e. The number of hydrogen-bond acceptors (Lipinski definition) is 5. The Bertz CT molecular complexity index is 982. The Labute approximate surface area is 169 Å². The predicted octanol–water partition coefficient (Wildman–Crippen LogP) is 5.34. The molecule has 0 aliphatic carbocycles. The van der Waals surface area contributed by atoms with Gasteiger partial charge in [-0.3, -0.25) is 10.1 Å². The molecular weight excluding hydrogens is 372 g/mol. The molecule has 0 radical (unpaired) electrons. The van der Waals surface area contributed by atoms with E-state index in [4.69, 9.17) is 14.5 Å². The minimum absolute atomic E-state index is 0.153. The van der Waals surface area contributed by atoms with Crippen molar-refractivity contribution in [3.63, 3.8) is 0 Å². The van der Waals surface area contributed by atoms with Gasteiger partial charge < -0.3 is 9.47 Å². The van der Waals surface area contributed by atoms with Crippen LogP contribution in [-0.2, 0) is 6.42 Å². The van der Waals surface area contributed by atoms with E-state index in [0.717, 1.165) is 34.5 Å². The summed E-state index contributed by atoms with van der Waals surface area (Å²) in [5.74, 6) is 1.17. The third kappa shape index (κ3) is 4.34. The number of carbonyl (C=O) groups is 1. The molecule has 1 heterocycles. The molecule has 3 aromatic rings. The number of nitrogens with one attached hydrogen (secondary N) is 1. The average molecular weight is 397 g/mol. The Hall–Kier alpha value is -2.86. The van der Waals surface area contributed by atoms with Crippen LogP contribution in [-0.4, -0.2) is 25.1 Å². The first-order valence-corrected chi connectivity index (χ1v) is 9.97. The lowest BCUT2D eigenvalue weighted by Gasteiger charge is -2.09. The molecule has 28 heavy (non-hydrogen) atoms. The van der Waals surface area contributed by atoms with Crippen LogP contribution in [0.4, 0.5) is 5.13 Å². The van der Waals surface area contributed by atoms with Crippen LogP contribution in [0.25, 0.3) is 11.3 Å². The molecule has 0 saturated heterocycles. The predicted molar refractivity (Wildman–Crippen MR) is 114 cm³/mol. The number of amides is 1. The third-order valence-corrected chi connectivity index (χ3v) is 5.36. The number of thiazole rings is 1. The van der Waals surface area contributed by atoms with Crippen molar-refractivity contribution >= 4 is 22.4 Å². The Morgan fingerprint density at radius 2 is 1.89 bits per heavy atom.